The molecule has 5 nitrogen and oxygen atoms in total. The SMILES string of the molecule is C=C(C)C(=O)NC(O)CCOC(=O)C(=C)C. The third kappa shape index (κ3) is 5.98. The topological polar surface area (TPSA) is 75.6 Å². The molecule has 0 rings (SSSR count). The van der Waals surface area contributed by atoms with Crippen molar-refractivity contribution in [1.82, 2.24) is 5.32 Å². The molecular formula is C11H17NO4. The van der Waals surface area contributed by atoms with Gasteiger partial charge in [0.25, 0.3) is 0 Å². The van der Waals surface area contributed by atoms with Gasteiger partial charge in [-0.3, -0.25) is 4.79 Å². The van der Waals surface area contributed by atoms with Crippen LogP contribution < -0.4 is 5.32 Å². The lowest BCUT2D eigenvalue weighted by atomic mass is 10.3. The molecule has 0 radical (unpaired) electrons. The van der Waals surface area contributed by atoms with E-state index < -0.39 is 18.1 Å². The summed E-state index contributed by atoms with van der Waals surface area (Å²) in [5.74, 6) is -0.947. The highest BCUT2D eigenvalue weighted by molar-refractivity contribution is 5.92. The Hall–Kier alpha value is -1.62. The smallest absolute Gasteiger partial charge is 0.333 e. The number of rotatable bonds is 6. The van der Waals surface area contributed by atoms with Crippen LogP contribution in [0.1, 0.15) is 20.3 Å². The van der Waals surface area contributed by atoms with E-state index in [9.17, 15) is 14.7 Å². The average molecular weight is 227 g/mol. The fraction of sp³-hybridized carbons (Fsp3) is 0.455. The highest BCUT2D eigenvalue weighted by Gasteiger charge is 2.10. The first kappa shape index (κ1) is 14.4. The summed E-state index contributed by atoms with van der Waals surface area (Å²) >= 11 is 0. The van der Waals surface area contributed by atoms with Crippen LogP contribution in [0.3, 0.4) is 0 Å². The minimum absolute atomic E-state index is 0.0172. The van der Waals surface area contributed by atoms with Crippen LogP contribution in [0.2, 0.25) is 0 Å². The van der Waals surface area contributed by atoms with E-state index in [4.69, 9.17) is 4.74 Å². The van der Waals surface area contributed by atoms with Crippen LogP contribution in [0, 0.1) is 0 Å². The Bertz CT molecular complexity index is 309. The van der Waals surface area contributed by atoms with Crippen molar-refractivity contribution in [3.05, 3.63) is 24.3 Å². The molecule has 0 saturated heterocycles. The normalized spacial score (nSPS) is 11.4. The van der Waals surface area contributed by atoms with Crippen molar-refractivity contribution >= 4 is 11.9 Å². The van der Waals surface area contributed by atoms with Gasteiger partial charge in [-0.25, -0.2) is 4.79 Å². The van der Waals surface area contributed by atoms with Gasteiger partial charge in [0.15, 0.2) is 0 Å². The molecule has 0 heterocycles. The van der Waals surface area contributed by atoms with E-state index in [1.165, 1.54) is 13.8 Å². The monoisotopic (exact) mass is 227 g/mol. The number of aliphatic hydroxyl groups is 1. The van der Waals surface area contributed by atoms with Gasteiger partial charge in [-0.2, -0.15) is 0 Å². The molecule has 0 aromatic carbocycles. The number of carbonyl (C=O) groups excluding carboxylic acids is 2. The second-order valence-electron chi connectivity index (χ2n) is 3.47. The van der Waals surface area contributed by atoms with E-state index in [-0.39, 0.29) is 13.0 Å². The zero-order valence-electron chi connectivity index (χ0n) is 9.58. The van der Waals surface area contributed by atoms with Gasteiger partial charge < -0.3 is 15.2 Å². The van der Waals surface area contributed by atoms with E-state index in [0.717, 1.165) is 0 Å². The highest BCUT2D eigenvalue weighted by atomic mass is 16.5. The summed E-state index contributed by atoms with van der Waals surface area (Å²) in [6, 6.07) is 0. The first-order chi connectivity index (χ1) is 7.34. The van der Waals surface area contributed by atoms with Crippen molar-refractivity contribution < 1.29 is 19.4 Å². The maximum Gasteiger partial charge on any atom is 0.333 e. The predicted molar refractivity (Wildman–Crippen MR) is 59.4 cm³/mol. The van der Waals surface area contributed by atoms with Crippen LogP contribution in [0.25, 0.3) is 0 Å². The molecule has 5 heteroatoms. The molecular weight excluding hydrogens is 210 g/mol. The van der Waals surface area contributed by atoms with Gasteiger partial charge >= 0.3 is 5.97 Å². The third-order valence-electron chi connectivity index (χ3n) is 1.66. The van der Waals surface area contributed by atoms with E-state index >= 15 is 0 Å². The summed E-state index contributed by atoms with van der Waals surface area (Å²) in [5, 5.41) is 11.6. The zero-order chi connectivity index (χ0) is 12.7. The standard InChI is InChI=1S/C11H17NO4/c1-7(2)10(14)12-9(13)5-6-16-11(15)8(3)4/h9,13H,1,3,5-6H2,2,4H3,(H,12,14). The van der Waals surface area contributed by atoms with Gasteiger partial charge in [0.1, 0.15) is 6.23 Å². The fourth-order valence-corrected chi connectivity index (χ4v) is 0.733. The van der Waals surface area contributed by atoms with Crippen LogP contribution in [-0.2, 0) is 14.3 Å². The maximum absolute atomic E-state index is 11.1. The van der Waals surface area contributed by atoms with Crippen LogP contribution in [0.4, 0.5) is 0 Å². The van der Waals surface area contributed by atoms with Crippen LogP contribution in [0.15, 0.2) is 24.3 Å². The van der Waals surface area contributed by atoms with Crippen LogP contribution in [0.5, 0.6) is 0 Å². The lowest BCUT2D eigenvalue weighted by molar-refractivity contribution is -0.139. The molecule has 0 fully saturated rings. The first-order valence-electron chi connectivity index (χ1n) is 4.81. The van der Waals surface area contributed by atoms with Gasteiger partial charge in [0, 0.05) is 17.6 Å². The molecule has 1 amide bonds. The van der Waals surface area contributed by atoms with Crippen molar-refractivity contribution in [2.45, 2.75) is 26.5 Å². The van der Waals surface area contributed by atoms with E-state index in [1.54, 1.807) is 0 Å². The molecule has 1 unspecified atom stereocenters. The molecule has 0 aromatic rings. The second kappa shape index (κ2) is 6.79. The first-order valence-corrected chi connectivity index (χ1v) is 4.81. The Labute approximate surface area is 94.8 Å². The van der Waals surface area contributed by atoms with Gasteiger partial charge in [-0.15, -0.1) is 0 Å². The Balaban J connectivity index is 3.78. The van der Waals surface area contributed by atoms with E-state index in [0.29, 0.717) is 11.1 Å². The van der Waals surface area contributed by atoms with Crippen molar-refractivity contribution in [2.75, 3.05) is 6.61 Å². The number of carbonyl (C=O) groups is 2. The number of amides is 1. The van der Waals surface area contributed by atoms with Crippen molar-refractivity contribution in [3.63, 3.8) is 0 Å². The fourth-order valence-electron chi connectivity index (χ4n) is 0.733. The number of hydrogen-bond acceptors (Lipinski definition) is 4. The molecule has 1 atom stereocenters. The predicted octanol–water partition coefficient (Wildman–Crippen LogP) is 0.506. The average Bonchev–Trinajstić information content (AvgIpc) is 2.16. The number of hydrogen-bond donors (Lipinski definition) is 2. The van der Waals surface area contributed by atoms with Crippen molar-refractivity contribution in [3.8, 4) is 0 Å². The molecule has 0 aromatic heterocycles. The van der Waals surface area contributed by atoms with Crippen LogP contribution in [-0.4, -0.2) is 29.8 Å². The lowest BCUT2D eigenvalue weighted by Crippen LogP contribution is -2.35. The molecule has 0 aliphatic carbocycles. The minimum Gasteiger partial charge on any atom is -0.462 e. The molecule has 16 heavy (non-hydrogen) atoms. The molecule has 90 valence electrons. The number of esters is 1. The molecule has 0 spiro atoms. The van der Waals surface area contributed by atoms with Gasteiger partial charge in [-0.05, 0) is 13.8 Å². The second-order valence-corrected chi connectivity index (χ2v) is 3.47. The zero-order valence-corrected chi connectivity index (χ0v) is 9.58. The van der Waals surface area contributed by atoms with E-state index in [2.05, 4.69) is 18.5 Å². The van der Waals surface area contributed by atoms with Crippen molar-refractivity contribution in [1.29, 1.82) is 0 Å². The van der Waals surface area contributed by atoms with E-state index in [1.807, 2.05) is 0 Å². The highest BCUT2D eigenvalue weighted by Crippen LogP contribution is 1.96. The summed E-state index contributed by atoms with van der Waals surface area (Å²) in [4.78, 5) is 22.0. The quantitative estimate of drug-likeness (QED) is 0.394. The summed E-state index contributed by atoms with van der Waals surface area (Å²) in [6.45, 7) is 9.90. The lowest BCUT2D eigenvalue weighted by Gasteiger charge is -2.12. The Kier molecular flexibility index (Phi) is 6.10. The van der Waals surface area contributed by atoms with Gasteiger partial charge in [-0.1, -0.05) is 13.2 Å². The van der Waals surface area contributed by atoms with Gasteiger partial charge in [0.2, 0.25) is 5.91 Å². The Morgan fingerprint density at radius 3 is 2.31 bits per heavy atom. The molecule has 0 aliphatic heterocycles. The molecule has 0 saturated carbocycles. The minimum atomic E-state index is -1.05. The molecule has 2 N–H and O–H groups in total. The maximum atomic E-state index is 11.1. The number of nitrogens with one attached hydrogen (secondary N) is 1. The van der Waals surface area contributed by atoms with Crippen LogP contribution >= 0.6 is 0 Å². The number of aliphatic hydroxyl groups excluding tert-OH is 1. The van der Waals surface area contributed by atoms with Crippen molar-refractivity contribution in [2.24, 2.45) is 0 Å². The summed E-state index contributed by atoms with van der Waals surface area (Å²) < 4.78 is 4.74. The number of ether oxygens (including phenoxy) is 1. The summed E-state index contributed by atoms with van der Waals surface area (Å²) in [5.41, 5.74) is 0.596. The largest absolute Gasteiger partial charge is 0.462 e. The summed E-state index contributed by atoms with van der Waals surface area (Å²) in [6.07, 6.45) is -0.931. The third-order valence-corrected chi connectivity index (χ3v) is 1.66. The van der Waals surface area contributed by atoms with Gasteiger partial charge in [0.05, 0.1) is 6.61 Å². The molecule has 0 bridgehead atoms. The Morgan fingerprint density at radius 1 is 1.31 bits per heavy atom. The summed E-state index contributed by atoms with van der Waals surface area (Å²) in [7, 11) is 0. The Morgan fingerprint density at radius 2 is 1.88 bits per heavy atom. The molecule has 0 aliphatic rings.